The van der Waals surface area contributed by atoms with Gasteiger partial charge in [0, 0.05) is 12.3 Å². The predicted octanol–water partition coefficient (Wildman–Crippen LogP) is 1.87. The number of nitrogens with one attached hydrogen (secondary N) is 1. The molecule has 3 nitrogen and oxygen atoms in total. The summed E-state index contributed by atoms with van der Waals surface area (Å²) >= 11 is 0. The van der Waals surface area contributed by atoms with Crippen molar-refractivity contribution in [1.82, 2.24) is 5.32 Å². The van der Waals surface area contributed by atoms with Crippen molar-refractivity contribution >= 4 is 9.84 Å². The highest BCUT2D eigenvalue weighted by Gasteiger charge is 2.37. The topological polar surface area (TPSA) is 46.2 Å². The zero-order valence-corrected chi connectivity index (χ0v) is 11.3. The highest BCUT2D eigenvalue weighted by Crippen LogP contribution is 2.39. The van der Waals surface area contributed by atoms with Crippen LogP contribution in [0.5, 0.6) is 0 Å². The van der Waals surface area contributed by atoms with Crippen LogP contribution in [-0.4, -0.2) is 27.0 Å². The van der Waals surface area contributed by atoms with Crippen LogP contribution in [0.1, 0.15) is 36.4 Å². The molecule has 94 valence electrons. The lowest BCUT2D eigenvalue weighted by Crippen LogP contribution is -2.39. The van der Waals surface area contributed by atoms with Crippen molar-refractivity contribution in [3.05, 3.63) is 35.4 Å². The third kappa shape index (κ3) is 2.24. The van der Waals surface area contributed by atoms with E-state index in [1.807, 2.05) is 25.2 Å². The molecule has 2 rings (SSSR count). The zero-order valence-electron chi connectivity index (χ0n) is 10.5. The molecule has 0 heterocycles. The van der Waals surface area contributed by atoms with Crippen LogP contribution in [-0.2, 0) is 9.84 Å². The standard InChI is InChI=1S/C13H19NO2S/c1-9-8-12(17(3,15)16)13(14-2)11-7-5-4-6-10(9)11/h4-7,9,12-14H,8H2,1-3H3. The van der Waals surface area contributed by atoms with Gasteiger partial charge in [0.15, 0.2) is 9.84 Å². The van der Waals surface area contributed by atoms with Crippen molar-refractivity contribution in [3.8, 4) is 0 Å². The lowest BCUT2D eigenvalue weighted by Gasteiger charge is -2.35. The molecule has 0 saturated carbocycles. The molecule has 0 amide bonds. The van der Waals surface area contributed by atoms with Gasteiger partial charge in [0.25, 0.3) is 0 Å². The van der Waals surface area contributed by atoms with E-state index in [2.05, 4.69) is 18.3 Å². The summed E-state index contributed by atoms with van der Waals surface area (Å²) < 4.78 is 23.7. The van der Waals surface area contributed by atoms with Gasteiger partial charge in [0.2, 0.25) is 0 Å². The van der Waals surface area contributed by atoms with Crippen molar-refractivity contribution in [2.45, 2.75) is 30.6 Å². The molecule has 1 aromatic carbocycles. The second kappa shape index (κ2) is 4.42. The third-order valence-corrected chi connectivity index (χ3v) is 5.25. The molecule has 1 aliphatic carbocycles. The van der Waals surface area contributed by atoms with E-state index < -0.39 is 9.84 Å². The minimum Gasteiger partial charge on any atom is -0.312 e. The minimum atomic E-state index is -3.03. The van der Waals surface area contributed by atoms with Crippen LogP contribution in [0.4, 0.5) is 0 Å². The van der Waals surface area contributed by atoms with Gasteiger partial charge in [0.1, 0.15) is 0 Å². The minimum absolute atomic E-state index is 0.0857. The molecule has 0 radical (unpaired) electrons. The highest BCUT2D eigenvalue weighted by atomic mass is 32.2. The van der Waals surface area contributed by atoms with Gasteiger partial charge >= 0.3 is 0 Å². The quantitative estimate of drug-likeness (QED) is 0.875. The molecule has 3 unspecified atom stereocenters. The molecule has 0 spiro atoms. The van der Waals surface area contributed by atoms with Crippen molar-refractivity contribution in [1.29, 1.82) is 0 Å². The van der Waals surface area contributed by atoms with E-state index in [1.165, 1.54) is 11.8 Å². The van der Waals surface area contributed by atoms with Gasteiger partial charge < -0.3 is 5.32 Å². The zero-order chi connectivity index (χ0) is 12.6. The molecule has 4 heteroatoms. The molecule has 0 saturated heterocycles. The van der Waals surface area contributed by atoms with E-state index in [0.29, 0.717) is 12.3 Å². The Morgan fingerprint density at radius 2 is 1.82 bits per heavy atom. The van der Waals surface area contributed by atoms with E-state index in [9.17, 15) is 8.42 Å². The van der Waals surface area contributed by atoms with E-state index >= 15 is 0 Å². The molecule has 1 N–H and O–H groups in total. The first-order valence-corrected chi connectivity index (χ1v) is 7.85. The van der Waals surface area contributed by atoms with Crippen LogP contribution in [0.3, 0.4) is 0 Å². The first-order chi connectivity index (χ1) is 7.95. The number of fused-ring (bicyclic) bond motifs is 1. The molecule has 0 bridgehead atoms. The fourth-order valence-electron chi connectivity index (χ4n) is 2.82. The van der Waals surface area contributed by atoms with Gasteiger partial charge in [-0.25, -0.2) is 8.42 Å². The Morgan fingerprint density at radius 3 is 2.35 bits per heavy atom. The molecule has 0 aromatic heterocycles. The summed E-state index contributed by atoms with van der Waals surface area (Å²) in [7, 11) is -1.20. The summed E-state index contributed by atoms with van der Waals surface area (Å²) in [5, 5.41) is 2.84. The summed E-state index contributed by atoms with van der Waals surface area (Å²) in [5.41, 5.74) is 2.40. The second-order valence-electron chi connectivity index (χ2n) is 4.90. The van der Waals surface area contributed by atoms with Gasteiger partial charge in [-0.2, -0.15) is 0 Å². The SMILES string of the molecule is CNC1c2ccccc2C(C)CC1S(C)(=O)=O. The maximum Gasteiger partial charge on any atom is 0.152 e. The monoisotopic (exact) mass is 253 g/mol. The van der Waals surface area contributed by atoms with Crippen LogP contribution in [0.15, 0.2) is 24.3 Å². The maximum absolute atomic E-state index is 11.9. The Bertz CT molecular complexity index is 510. The number of sulfone groups is 1. The summed E-state index contributed by atoms with van der Waals surface area (Å²) in [6.45, 7) is 2.10. The summed E-state index contributed by atoms with van der Waals surface area (Å²) in [5.74, 6) is 0.301. The van der Waals surface area contributed by atoms with Gasteiger partial charge in [0.05, 0.1) is 5.25 Å². The van der Waals surface area contributed by atoms with Crippen molar-refractivity contribution in [3.63, 3.8) is 0 Å². The Balaban J connectivity index is 2.53. The van der Waals surface area contributed by atoms with Crippen LogP contribution < -0.4 is 5.32 Å². The normalized spacial score (nSPS) is 28.8. The number of benzene rings is 1. The molecular formula is C13H19NO2S. The molecule has 0 fully saturated rings. The van der Waals surface area contributed by atoms with Crippen molar-refractivity contribution in [2.75, 3.05) is 13.3 Å². The van der Waals surface area contributed by atoms with Crippen LogP contribution >= 0.6 is 0 Å². The van der Waals surface area contributed by atoms with E-state index in [-0.39, 0.29) is 11.3 Å². The lowest BCUT2D eigenvalue weighted by atomic mass is 9.81. The third-order valence-electron chi connectivity index (χ3n) is 3.68. The number of hydrogen-bond donors (Lipinski definition) is 1. The predicted molar refractivity (Wildman–Crippen MR) is 69.9 cm³/mol. The molecule has 3 atom stereocenters. The van der Waals surface area contributed by atoms with Crippen LogP contribution in [0.25, 0.3) is 0 Å². The van der Waals surface area contributed by atoms with E-state index in [4.69, 9.17) is 0 Å². The second-order valence-corrected chi connectivity index (χ2v) is 7.16. The number of hydrogen-bond acceptors (Lipinski definition) is 3. The van der Waals surface area contributed by atoms with Crippen LogP contribution in [0, 0.1) is 0 Å². The lowest BCUT2D eigenvalue weighted by molar-refractivity contribution is 0.448. The van der Waals surface area contributed by atoms with Crippen molar-refractivity contribution in [2.24, 2.45) is 0 Å². The largest absolute Gasteiger partial charge is 0.312 e. The van der Waals surface area contributed by atoms with Gasteiger partial charge in [-0.1, -0.05) is 31.2 Å². The molecule has 1 aliphatic rings. The molecule has 1 aromatic rings. The Kier molecular flexibility index (Phi) is 3.27. The smallest absolute Gasteiger partial charge is 0.152 e. The maximum atomic E-state index is 11.9. The summed E-state index contributed by atoms with van der Waals surface area (Å²) in [6.07, 6.45) is 2.03. The Hall–Kier alpha value is -0.870. The van der Waals surface area contributed by atoms with Crippen LogP contribution in [0.2, 0.25) is 0 Å². The van der Waals surface area contributed by atoms with E-state index in [0.717, 1.165) is 5.56 Å². The Labute approximate surface area is 103 Å². The number of rotatable bonds is 2. The van der Waals surface area contributed by atoms with Gasteiger partial charge in [-0.15, -0.1) is 0 Å². The first-order valence-electron chi connectivity index (χ1n) is 5.90. The highest BCUT2D eigenvalue weighted by molar-refractivity contribution is 7.91. The molecule has 17 heavy (non-hydrogen) atoms. The fraction of sp³-hybridized carbons (Fsp3) is 0.538. The molecule has 0 aliphatic heterocycles. The van der Waals surface area contributed by atoms with Gasteiger partial charge in [-0.05, 0) is 30.5 Å². The summed E-state index contributed by atoms with van der Waals surface area (Å²) in [6, 6.07) is 8.04. The average molecular weight is 253 g/mol. The van der Waals surface area contributed by atoms with Gasteiger partial charge in [-0.3, -0.25) is 0 Å². The fourth-order valence-corrected chi connectivity index (χ4v) is 4.23. The Morgan fingerprint density at radius 1 is 1.24 bits per heavy atom. The first kappa shape index (κ1) is 12.6. The summed E-state index contributed by atoms with van der Waals surface area (Å²) in [4.78, 5) is 0. The van der Waals surface area contributed by atoms with E-state index in [1.54, 1.807) is 0 Å². The average Bonchev–Trinajstić information content (AvgIpc) is 2.28. The molecular weight excluding hydrogens is 234 g/mol. The van der Waals surface area contributed by atoms with Crippen molar-refractivity contribution < 1.29 is 8.42 Å².